The van der Waals surface area contributed by atoms with Gasteiger partial charge in [-0.2, -0.15) is 13.2 Å². The molecule has 51 heavy (non-hydrogen) atoms. The second-order valence-corrected chi connectivity index (χ2v) is 12.8. The lowest BCUT2D eigenvalue weighted by atomic mass is 9.90. The maximum absolute atomic E-state index is 14.4. The highest BCUT2D eigenvalue weighted by Crippen LogP contribution is 2.34. The van der Waals surface area contributed by atoms with Crippen molar-refractivity contribution in [1.29, 1.82) is 0 Å². The zero-order valence-electron chi connectivity index (χ0n) is 26.6. The van der Waals surface area contributed by atoms with E-state index in [1.807, 2.05) is 30.3 Å². The highest BCUT2D eigenvalue weighted by atomic mass is 32.2. The number of nitrogens with one attached hydrogen (secondary N) is 1. The third-order valence-corrected chi connectivity index (χ3v) is 9.54. The van der Waals surface area contributed by atoms with Gasteiger partial charge in [0.2, 0.25) is 5.91 Å². The van der Waals surface area contributed by atoms with Crippen molar-refractivity contribution in [2.75, 3.05) is 11.1 Å². The molecule has 0 spiro atoms. The second kappa shape index (κ2) is 14.8. The van der Waals surface area contributed by atoms with E-state index in [2.05, 4.69) is 15.6 Å². The van der Waals surface area contributed by atoms with Crippen LogP contribution in [0.4, 0.5) is 28.0 Å². The number of carbonyl (C=O) groups excluding carboxylic acids is 3. The number of halogens is 4. The first-order valence-corrected chi connectivity index (χ1v) is 16.7. The molecule has 1 saturated heterocycles. The summed E-state index contributed by atoms with van der Waals surface area (Å²) in [5.74, 6) is -3.88. The fourth-order valence-corrected chi connectivity index (χ4v) is 6.84. The Morgan fingerprint density at radius 1 is 0.961 bits per heavy atom. The van der Waals surface area contributed by atoms with Gasteiger partial charge < -0.3 is 10.4 Å². The van der Waals surface area contributed by atoms with Crippen LogP contribution in [0.2, 0.25) is 0 Å². The molecule has 0 unspecified atom stereocenters. The van der Waals surface area contributed by atoms with Crippen molar-refractivity contribution in [1.82, 2.24) is 19.9 Å². The lowest BCUT2D eigenvalue weighted by Crippen LogP contribution is -2.45. The third-order valence-electron chi connectivity index (χ3n) is 8.54. The molecule has 1 fully saturated rings. The van der Waals surface area contributed by atoms with Gasteiger partial charge in [0.1, 0.15) is 11.3 Å². The van der Waals surface area contributed by atoms with Gasteiger partial charge in [-0.1, -0.05) is 71.6 Å². The maximum atomic E-state index is 14.4. The van der Waals surface area contributed by atoms with Crippen LogP contribution in [0.3, 0.4) is 0 Å². The number of fused-ring (bicyclic) bond motifs is 1. The molecule has 6 rings (SSSR count). The smallest absolute Gasteiger partial charge is 0.388 e. The highest BCUT2D eigenvalue weighted by molar-refractivity contribution is 8.14. The molecule has 15 heteroatoms. The van der Waals surface area contributed by atoms with Crippen LogP contribution in [-0.2, 0) is 23.9 Å². The Morgan fingerprint density at radius 2 is 1.67 bits per heavy atom. The van der Waals surface area contributed by atoms with Crippen molar-refractivity contribution in [3.05, 3.63) is 135 Å². The quantitative estimate of drug-likeness (QED) is 0.162. The molecular weight excluding hydrogens is 690 g/mol. The zero-order valence-corrected chi connectivity index (χ0v) is 27.4. The van der Waals surface area contributed by atoms with Crippen molar-refractivity contribution < 1.29 is 37.1 Å². The fraction of sp³-hybridized carbons (Fsp3) is 0.222. The molecule has 262 valence electrons. The van der Waals surface area contributed by atoms with Gasteiger partial charge in [-0.15, -0.1) is 5.10 Å². The Balaban J connectivity index is 1.24. The number of hydrogen-bond acceptors (Lipinski definition) is 8. The largest absolute Gasteiger partial charge is 0.416 e. The highest BCUT2D eigenvalue weighted by Gasteiger charge is 2.42. The summed E-state index contributed by atoms with van der Waals surface area (Å²) in [6.45, 7) is -0.116. The average Bonchev–Trinajstić information content (AvgIpc) is 3.48. The van der Waals surface area contributed by atoms with E-state index in [-0.39, 0.29) is 30.3 Å². The Bertz CT molecular complexity index is 2150. The lowest BCUT2D eigenvalue weighted by Gasteiger charge is -2.29. The first-order chi connectivity index (χ1) is 24.4. The minimum absolute atomic E-state index is 0.106. The molecule has 5 aromatic rings. The van der Waals surface area contributed by atoms with Crippen LogP contribution in [0, 0.1) is 11.7 Å². The summed E-state index contributed by atoms with van der Waals surface area (Å²) in [4.78, 5) is 54.3. The number of aliphatic hydroxyl groups is 1. The topological polar surface area (TPSA) is 134 Å². The standard InChI is InChI=1S/C36H29F4N5O5S/c37-29-19-23(36(38,39)40)12-15-26(29)32(47)41-24-13-10-22(11-14-24)31(46)28(16-17-44-33(48)27-8-4-5-9-30(27)42-43-44)34(49)45-25(20-51-35(45)50)18-21-6-2-1-3-7-21/h1-15,19,25,28,31,46H,16-18,20H2,(H,41,47)/t25-,28-,31+/m0/s1. The molecular formula is C36H29F4N5O5S. The van der Waals surface area contributed by atoms with Crippen molar-refractivity contribution >= 4 is 45.4 Å². The number of nitrogens with zero attached hydrogens (tertiary/aromatic N) is 4. The summed E-state index contributed by atoms with van der Waals surface area (Å²) >= 11 is 0.997. The molecule has 3 atom stereocenters. The number of benzene rings is 4. The fourth-order valence-electron chi connectivity index (χ4n) is 5.86. The summed E-state index contributed by atoms with van der Waals surface area (Å²) < 4.78 is 54.3. The molecule has 4 aromatic carbocycles. The van der Waals surface area contributed by atoms with Crippen LogP contribution < -0.4 is 10.9 Å². The van der Waals surface area contributed by atoms with E-state index in [9.17, 15) is 41.8 Å². The van der Waals surface area contributed by atoms with Gasteiger partial charge in [0, 0.05) is 18.0 Å². The van der Waals surface area contributed by atoms with Crippen LogP contribution in [0.1, 0.15) is 39.6 Å². The number of carbonyl (C=O) groups is 3. The number of hydrogen-bond donors (Lipinski definition) is 2. The number of aromatic nitrogens is 3. The Labute approximate surface area is 292 Å². The lowest BCUT2D eigenvalue weighted by molar-refractivity contribution is -0.138. The first-order valence-electron chi connectivity index (χ1n) is 15.7. The number of anilines is 1. The van der Waals surface area contributed by atoms with E-state index in [4.69, 9.17) is 0 Å². The summed E-state index contributed by atoms with van der Waals surface area (Å²) in [6.07, 6.45) is -5.98. The van der Waals surface area contributed by atoms with E-state index >= 15 is 0 Å². The van der Waals surface area contributed by atoms with Gasteiger partial charge in [0.25, 0.3) is 16.7 Å². The molecule has 2 N–H and O–H groups in total. The number of aliphatic hydroxyl groups excluding tert-OH is 1. The molecule has 10 nitrogen and oxygen atoms in total. The predicted octanol–water partition coefficient (Wildman–Crippen LogP) is 6.25. The summed E-state index contributed by atoms with van der Waals surface area (Å²) in [5, 5.41) is 22.0. The van der Waals surface area contributed by atoms with E-state index < -0.39 is 63.8 Å². The number of alkyl halides is 3. The second-order valence-electron chi connectivity index (χ2n) is 11.9. The first kappa shape index (κ1) is 35.4. The number of rotatable bonds is 10. The molecule has 0 aliphatic carbocycles. The van der Waals surface area contributed by atoms with E-state index in [1.165, 1.54) is 24.3 Å². The Morgan fingerprint density at radius 3 is 2.37 bits per heavy atom. The van der Waals surface area contributed by atoms with Crippen LogP contribution in [0.15, 0.2) is 102 Å². The van der Waals surface area contributed by atoms with Crippen LogP contribution in [0.5, 0.6) is 0 Å². The Hall–Kier alpha value is -5.41. The molecule has 1 aliphatic rings. The van der Waals surface area contributed by atoms with Gasteiger partial charge >= 0.3 is 6.18 Å². The van der Waals surface area contributed by atoms with Crippen molar-refractivity contribution in [2.45, 2.75) is 37.7 Å². The van der Waals surface area contributed by atoms with E-state index in [0.717, 1.165) is 33.0 Å². The average molecular weight is 720 g/mol. The van der Waals surface area contributed by atoms with Gasteiger partial charge in [0.05, 0.1) is 34.6 Å². The number of imide groups is 1. The van der Waals surface area contributed by atoms with Crippen LogP contribution >= 0.6 is 11.8 Å². The third kappa shape index (κ3) is 7.84. The number of thioether (sulfide) groups is 1. The molecule has 0 bridgehead atoms. The molecule has 2 heterocycles. The van der Waals surface area contributed by atoms with Gasteiger partial charge in [0.15, 0.2) is 0 Å². The van der Waals surface area contributed by atoms with Crippen LogP contribution in [-0.4, -0.2) is 53.8 Å². The molecule has 3 amide bonds. The normalized spacial score (nSPS) is 15.9. The minimum Gasteiger partial charge on any atom is -0.388 e. The molecule has 1 aliphatic heterocycles. The van der Waals surface area contributed by atoms with Crippen molar-refractivity contribution in [3.63, 3.8) is 0 Å². The molecule has 0 saturated carbocycles. The predicted molar refractivity (Wildman–Crippen MR) is 181 cm³/mol. The van der Waals surface area contributed by atoms with E-state index in [0.29, 0.717) is 29.1 Å². The summed E-state index contributed by atoms with van der Waals surface area (Å²) in [7, 11) is 0. The van der Waals surface area contributed by atoms with Gasteiger partial charge in [-0.25, -0.2) is 9.07 Å². The SMILES string of the molecule is O=C(Nc1ccc([C@@H](O)[C@H](CCn2nnc3ccccc3c2=O)C(=O)N2C(=O)SC[C@@H]2Cc2ccccc2)cc1)c1ccc(C(F)(F)F)cc1F. The van der Waals surface area contributed by atoms with Gasteiger partial charge in [-0.3, -0.25) is 24.1 Å². The van der Waals surface area contributed by atoms with Crippen molar-refractivity contribution in [2.24, 2.45) is 5.92 Å². The minimum atomic E-state index is -4.78. The monoisotopic (exact) mass is 719 g/mol. The molecule has 0 radical (unpaired) electrons. The summed E-state index contributed by atoms with van der Waals surface area (Å²) in [6, 6.07) is 22.6. The van der Waals surface area contributed by atoms with Crippen LogP contribution in [0.25, 0.3) is 10.9 Å². The maximum Gasteiger partial charge on any atom is 0.416 e. The van der Waals surface area contributed by atoms with E-state index in [1.54, 1.807) is 24.3 Å². The molecule has 1 aromatic heterocycles. The Kier molecular flexibility index (Phi) is 10.3. The zero-order chi connectivity index (χ0) is 36.3. The summed E-state index contributed by atoms with van der Waals surface area (Å²) in [5.41, 5.74) is -0.628. The number of amides is 3. The van der Waals surface area contributed by atoms with Crippen molar-refractivity contribution in [3.8, 4) is 0 Å². The number of aryl methyl sites for hydroxylation is 1. The van der Waals surface area contributed by atoms with Gasteiger partial charge in [-0.05, 0) is 66.4 Å².